The van der Waals surface area contributed by atoms with Crippen LogP contribution in [0.3, 0.4) is 0 Å². The van der Waals surface area contributed by atoms with Crippen LogP contribution in [0.1, 0.15) is 30.1 Å². The molecule has 0 aliphatic carbocycles. The molecule has 0 saturated carbocycles. The standard InChI is InChI=1S/C20H30N4O4/c1-15-5-7-23(8-6-15)18-4-3-16(11-21-18)20(27)24-9-10-28-17(13-24)12-22(2)14-19(25)26/h3-4,11,15,17H,5-10,12-14H2,1-2H3,(H,25,26). The molecule has 3 rings (SSSR count). The number of carboxylic acids is 1. The fraction of sp³-hybridized carbons (Fsp3) is 0.650. The van der Waals surface area contributed by atoms with E-state index in [9.17, 15) is 9.59 Å². The molecule has 0 radical (unpaired) electrons. The van der Waals surface area contributed by atoms with Gasteiger partial charge in [0.05, 0.1) is 24.8 Å². The van der Waals surface area contributed by atoms with Crippen LogP contribution in [-0.2, 0) is 9.53 Å². The minimum Gasteiger partial charge on any atom is -0.480 e. The number of aromatic nitrogens is 1. The van der Waals surface area contributed by atoms with Crippen molar-refractivity contribution in [2.75, 3.05) is 57.8 Å². The number of morpholine rings is 1. The van der Waals surface area contributed by atoms with Crippen LogP contribution in [0.5, 0.6) is 0 Å². The number of piperidine rings is 1. The number of nitrogens with zero attached hydrogens (tertiary/aromatic N) is 4. The summed E-state index contributed by atoms with van der Waals surface area (Å²) in [5.41, 5.74) is 0.577. The summed E-state index contributed by atoms with van der Waals surface area (Å²) in [4.78, 5) is 33.9. The molecule has 2 saturated heterocycles. The number of rotatable bonds is 6. The molecule has 2 aliphatic heterocycles. The topological polar surface area (TPSA) is 86.2 Å². The quantitative estimate of drug-likeness (QED) is 0.780. The maximum absolute atomic E-state index is 12.8. The molecule has 1 unspecified atom stereocenters. The molecule has 1 N–H and O–H groups in total. The molecule has 1 aromatic rings. The van der Waals surface area contributed by atoms with Gasteiger partial charge in [0.2, 0.25) is 0 Å². The highest BCUT2D eigenvalue weighted by atomic mass is 16.5. The lowest BCUT2D eigenvalue weighted by Gasteiger charge is -2.34. The van der Waals surface area contributed by atoms with E-state index in [1.54, 1.807) is 23.0 Å². The van der Waals surface area contributed by atoms with E-state index in [0.717, 1.165) is 24.8 Å². The first-order valence-corrected chi connectivity index (χ1v) is 9.94. The molecule has 1 aromatic heterocycles. The molecule has 8 heteroatoms. The Hall–Kier alpha value is -2.19. The van der Waals surface area contributed by atoms with Crippen molar-refractivity contribution in [3.8, 4) is 0 Å². The van der Waals surface area contributed by atoms with Gasteiger partial charge in [-0.05, 0) is 37.9 Å². The van der Waals surface area contributed by atoms with Crippen LogP contribution >= 0.6 is 0 Å². The van der Waals surface area contributed by atoms with E-state index in [1.807, 2.05) is 12.1 Å². The zero-order valence-electron chi connectivity index (χ0n) is 16.7. The van der Waals surface area contributed by atoms with Crippen molar-refractivity contribution in [1.29, 1.82) is 0 Å². The Morgan fingerprint density at radius 1 is 1.29 bits per heavy atom. The monoisotopic (exact) mass is 390 g/mol. The molecule has 3 heterocycles. The van der Waals surface area contributed by atoms with Gasteiger partial charge in [0.15, 0.2) is 0 Å². The van der Waals surface area contributed by atoms with Crippen molar-refractivity contribution in [1.82, 2.24) is 14.8 Å². The predicted molar refractivity (Wildman–Crippen MR) is 106 cm³/mol. The van der Waals surface area contributed by atoms with Crippen molar-refractivity contribution in [3.05, 3.63) is 23.9 Å². The summed E-state index contributed by atoms with van der Waals surface area (Å²) < 4.78 is 5.70. The van der Waals surface area contributed by atoms with Gasteiger partial charge in [0.1, 0.15) is 5.82 Å². The number of anilines is 1. The molecule has 0 bridgehead atoms. The smallest absolute Gasteiger partial charge is 0.317 e. The summed E-state index contributed by atoms with van der Waals surface area (Å²) in [6, 6.07) is 3.78. The first kappa shape index (κ1) is 20.5. The lowest BCUT2D eigenvalue weighted by Crippen LogP contribution is -2.49. The van der Waals surface area contributed by atoms with E-state index in [0.29, 0.717) is 31.8 Å². The van der Waals surface area contributed by atoms with Crippen molar-refractivity contribution in [2.45, 2.75) is 25.9 Å². The zero-order valence-corrected chi connectivity index (χ0v) is 16.7. The molecule has 1 atom stereocenters. The van der Waals surface area contributed by atoms with Gasteiger partial charge in [-0.3, -0.25) is 14.5 Å². The Kier molecular flexibility index (Phi) is 6.85. The van der Waals surface area contributed by atoms with Gasteiger partial charge < -0.3 is 19.6 Å². The van der Waals surface area contributed by atoms with Crippen LogP contribution in [-0.4, -0.2) is 90.8 Å². The highest BCUT2D eigenvalue weighted by Crippen LogP contribution is 2.21. The van der Waals surface area contributed by atoms with Crippen molar-refractivity contribution in [2.24, 2.45) is 5.92 Å². The summed E-state index contributed by atoms with van der Waals surface area (Å²) in [7, 11) is 1.74. The van der Waals surface area contributed by atoms with Crippen LogP contribution in [0.15, 0.2) is 18.3 Å². The Labute approximate surface area is 166 Å². The molecule has 28 heavy (non-hydrogen) atoms. The Bertz CT molecular complexity index is 673. The number of pyridine rings is 1. The number of amides is 1. The SMILES string of the molecule is CC1CCN(c2ccc(C(=O)N3CCOC(CN(C)CC(=O)O)C3)cn2)CC1. The van der Waals surface area contributed by atoms with Crippen molar-refractivity contribution in [3.63, 3.8) is 0 Å². The first-order chi connectivity index (χ1) is 13.4. The van der Waals surface area contributed by atoms with Gasteiger partial charge in [-0.15, -0.1) is 0 Å². The summed E-state index contributed by atoms with van der Waals surface area (Å²) in [6.07, 6.45) is 3.82. The summed E-state index contributed by atoms with van der Waals surface area (Å²) in [5, 5.41) is 8.87. The maximum Gasteiger partial charge on any atom is 0.317 e. The van der Waals surface area contributed by atoms with E-state index >= 15 is 0 Å². The highest BCUT2D eigenvalue weighted by Gasteiger charge is 2.26. The fourth-order valence-corrected chi connectivity index (χ4v) is 3.78. The minimum atomic E-state index is -0.874. The molecule has 2 aliphatic rings. The lowest BCUT2D eigenvalue weighted by molar-refractivity contribution is -0.138. The Balaban J connectivity index is 1.56. The summed E-state index contributed by atoms with van der Waals surface area (Å²) in [6.45, 7) is 6.16. The fourth-order valence-electron chi connectivity index (χ4n) is 3.78. The first-order valence-electron chi connectivity index (χ1n) is 9.94. The highest BCUT2D eigenvalue weighted by molar-refractivity contribution is 5.94. The van der Waals surface area contributed by atoms with Crippen molar-refractivity contribution < 1.29 is 19.4 Å². The average Bonchev–Trinajstić information content (AvgIpc) is 2.68. The van der Waals surface area contributed by atoms with Gasteiger partial charge in [0, 0.05) is 38.9 Å². The normalized spacial score (nSPS) is 21.2. The lowest BCUT2D eigenvalue weighted by atomic mass is 9.99. The number of carboxylic acid groups (broad SMARTS) is 1. The number of hydrogen-bond acceptors (Lipinski definition) is 6. The van der Waals surface area contributed by atoms with E-state index in [2.05, 4.69) is 16.8 Å². The summed E-state index contributed by atoms with van der Waals surface area (Å²) in [5.74, 6) is 0.764. The summed E-state index contributed by atoms with van der Waals surface area (Å²) >= 11 is 0. The van der Waals surface area contributed by atoms with Gasteiger partial charge in [0.25, 0.3) is 5.91 Å². The van der Waals surface area contributed by atoms with Crippen LogP contribution < -0.4 is 4.90 Å². The Morgan fingerprint density at radius 3 is 2.68 bits per heavy atom. The third-order valence-electron chi connectivity index (χ3n) is 5.45. The van der Waals surface area contributed by atoms with Crippen LogP contribution in [0.4, 0.5) is 5.82 Å². The van der Waals surface area contributed by atoms with E-state index < -0.39 is 5.97 Å². The largest absolute Gasteiger partial charge is 0.480 e. The van der Waals surface area contributed by atoms with Crippen LogP contribution in [0.25, 0.3) is 0 Å². The number of likely N-dealkylation sites (N-methyl/N-ethyl adjacent to an activating group) is 1. The molecule has 0 spiro atoms. The van der Waals surface area contributed by atoms with E-state index in [1.165, 1.54) is 12.8 Å². The van der Waals surface area contributed by atoms with Crippen LogP contribution in [0.2, 0.25) is 0 Å². The second-order valence-electron chi connectivity index (χ2n) is 7.91. The van der Waals surface area contributed by atoms with E-state index in [-0.39, 0.29) is 18.6 Å². The minimum absolute atomic E-state index is 0.0472. The second-order valence-corrected chi connectivity index (χ2v) is 7.91. The predicted octanol–water partition coefficient (Wildman–Crippen LogP) is 1.18. The van der Waals surface area contributed by atoms with Crippen LogP contribution in [0, 0.1) is 5.92 Å². The van der Waals surface area contributed by atoms with Gasteiger partial charge in [-0.25, -0.2) is 4.98 Å². The average molecular weight is 390 g/mol. The van der Waals surface area contributed by atoms with Gasteiger partial charge in [-0.1, -0.05) is 6.92 Å². The molecule has 0 aromatic carbocycles. The molecule has 8 nitrogen and oxygen atoms in total. The van der Waals surface area contributed by atoms with E-state index in [4.69, 9.17) is 9.84 Å². The Morgan fingerprint density at radius 2 is 2.04 bits per heavy atom. The second kappa shape index (κ2) is 9.34. The molecular formula is C20H30N4O4. The van der Waals surface area contributed by atoms with Crippen molar-refractivity contribution >= 4 is 17.7 Å². The number of hydrogen-bond donors (Lipinski definition) is 1. The number of ether oxygens (including phenoxy) is 1. The third kappa shape index (κ3) is 5.42. The molecule has 2 fully saturated rings. The van der Waals surface area contributed by atoms with Gasteiger partial charge in [-0.2, -0.15) is 0 Å². The van der Waals surface area contributed by atoms with Gasteiger partial charge >= 0.3 is 5.97 Å². The maximum atomic E-state index is 12.8. The molecular weight excluding hydrogens is 360 g/mol. The number of carbonyl (C=O) groups is 2. The third-order valence-corrected chi connectivity index (χ3v) is 5.45. The molecule has 1 amide bonds. The molecule has 154 valence electrons. The number of carbonyl (C=O) groups excluding carboxylic acids is 1. The zero-order chi connectivity index (χ0) is 20.1. The number of aliphatic carboxylic acids is 1.